The molecule has 1 saturated heterocycles. The van der Waals surface area contributed by atoms with Crippen LogP contribution < -0.4 is 10.6 Å². The van der Waals surface area contributed by atoms with E-state index < -0.39 is 0 Å². The fourth-order valence-electron chi connectivity index (χ4n) is 2.86. The SMILES string of the molecule is O=C(CSC(c1ccccc1)c1ccc(Cl)cc1)NC1CCNC1. The van der Waals surface area contributed by atoms with Gasteiger partial charge in [0.2, 0.25) is 5.91 Å². The van der Waals surface area contributed by atoms with Crippen LogP contribution in [-0.2, 0) is 4.79 Å². The Balaban J connectivity index is 1.68. The second kappa shape index (κ2) is 8.56. The molecule has 1 aliphatic heterocycles. The van der Waals surface area contributed by atoms with Crippen molar-refractivity contribution in [3.63, 3.8) is 0 Å². The van der Waals surface area contributed by atoms with Crippen molar-refractivity contribution in [3.8, 4) is 0 Å². The molecule has 5 heteroatoms. The average Bonchev–Trinajstić information content (AvgIpc) is 3.10. The lowest BCUT2D eigenvalue weighted by atomic mass is 10.0. The van der Waals surface area contributed by atoms with Crippen LogP contribution in [0.4, 0.5) is 0 Å². The van der Waals surface area contributed by atoms with Crippen molar-refractivity contribution in [2.75, 3.05) is 18.8 Å². The molecule has 0 aromatic heterocycles. The Morgan fingerprint density at radius 3 is 2.54 bits per heavy atom. The summed E-state index contributed by atoms with van der Waals surface area (Å²) in [5.74, 6) is 0.544. The highest BCUT2D eigenvalue weighted by atomic mass is 35.5. The minimum atomic E-state index is 0.101. The van der Waals surface area contributed by atoms with Crippen LogP contribution in [0.1, 0.15) is 22.8 Å². The van der Waals surface area contributed by atoms with Gasteiger partial charge in [-0.05, 0) is 36.2 Å². The van der Waals surface area contributed by atoms with Gasteiger partial charge in [0, 0.05) is 17.6 Å². The summed E-state index contributed by atoms with van der Waals surface area (Å²) in [4.78, 5) is 12.2. The summed E-state index contributed by atoms with van der Waals surface area (Å²) in [5, 5.41) is 7.21. The number of hydrogen-bond donors (Lipinski definition) is 2. The number of carbonyl (C=O) groups excluding carboxylic acids is 1. The summed E-state index contributed by atoms with van der Waals surface area (Å²) in [7, 11) is 0. The van der Waals surface area contributed by atoms with Crippen LogP contribution in [0.2, 0.25) is 5.02 Å². The minimum Gasteiger partial charge on any atom is -0.351 e. The van der Waals surface area contributed by atoms with Gasteiger partial charge in [-0.2, -0.15) is 0 Å². The third-order valence-electron chi connectivity index (χ3n) is 4.08. The number of nitrogens with one attached hydrogen (secondary N) is 2. The Bertz CT molecular complexity index is 657. The second-order valence-corrected chi connectivity index (χ2v) is 7.44. The van der Waals surface area contributed by atoms with E-state index in [4.69, 9.17) is 11.6 Å². The maximum atomic E-state index is 12.2. The quantitative estimate of drug-likeness (QED) is 0.826. The van der Waals surface area contributed by atoms with E-state index in [0.717, 1.165) is 30.1 Å². The number of rotatable bonds is 6. The lowest BCUT2D eigenvalue weighted by molar-refractivity contribution is -0.119. The number of thioether (sulfide) groups is 1. The first-order valence-corrected chi connectivity index (χ1v) is 9.57. The van der Waals surface area contributed by atoms with Crippen LogP contribution in [0.15, 0.2) is 54.6 Å². The van der Waals surface area contributed by atoms with Crippen LogP contribution in [0, 0.1) is 0 Å². The normalized spacial score (nSPS) is 18.3. The fraction of sp³-hybridized carbons (Fsp3) is 0.316. The van der Waals surface area contributed by atoms with Crippen molar-refractivity contribution in [1.29, 1.82) is 0 Å². The Morgan fingerprint density at radius 2 is 1.88 bits per heavy atom. The molecule has 1 aliphatic rings. The predicted molar refractivity (Wildman–Crippen MR) is 102 cm³/mol. The largest absolute Gasteiger partial charge is 0.351 e. The monoisotopic (exact) mass is 360 g/mol. The molecular formula is C19H21ClN2OS. The maximum Gasteiger partial charge on any atom is 0.230 e. The summed E-state index contributed by atoms with van der Waals surface area (Å²) in [6.07, 6.45) is 1.01. The smallest absolute Gasteiger partial charge is 0.230 e. The summed E-state index contributed by atoms with van der Waals surface area (Å²) >= 11 is 7.66. The van der Waals surface area contributed by atoms with Gasteiger partial charge in [-0.25, -0.2) is 0 Å². The Kier molecular flexibility index (Phi) is 6.18. The van der Waals surface area contributed by atoms with Gasteiger partial charge in [0.15, 0.2) is 0 Å². The molecule has 1 fully saturated rings. The first-order chi connectivity index (χ1) is 11.7. The molecule has 0 radical (unpaired) electrons. The topological polar surface area (TPSA) is 41.1 Å². The zero-order valence-corrected chi connectivity index (χ0v) is 14.9. The number of amides is 1. The first kappa shape index (κ1) is 17.3. The van der Waals surface area contributed by atoms with Gasteiger partial charge in [0.1, 0.15) is 0 Å². The third-order valence-corrected chi connectivity index (χ3v) is 5.64. The van der Waals surface area contributed by atoms with Gasteiger partial charge in [0.05, 0.1) is 11.0 Å². The van der Waals surface area contributed by atoms with E-state index in [1.165, 1.54) is 5.56 Å². The summed E-state index contributed by atoms with van der Waals surface area (Å²) in [6.45, 7) is 1.85. The van der Waals surface area contributed by atoms with Crippen molar-refractivity contribution in [2.24, 2.45) is 0 Å². The molecular weight excluding hydrogens is 340 g/mol. The van der Waals surface area contributed by atoms with E-state index in [0.29, 0.717) is 5.75 Å². The van der Waals surface area contributed by atoms with E-state index in [9.17, 15) is 4.79 Å². The number of carbonyl (C=O) groups is 1. The fourth-order valence-corrected chi connectivity index (χ4v) is 4.08. The molecule has 2 unspecified atom stereocenters. The molecule has 2 aromatic rings. The minimum absolute atomic E-state index is 0.101. The number of benzene rings is 2. The van der Waals surface area contributed by atoms with Crippen LogP contribution >= 0.6 is 23.4 Å². The molecule has 1 heterocycles. The molecule has 2 atom stereocenters. The van der Waals surface area contributed by atoms with Gasteiger partial charge in [-0.1, -0.05) is 54.1 Å². The number of hydrogen-bond acceptors (Lipinski definition) is 3. The Hall–Kier alpha value is -1.49. The lowest BCUT2D eigenvalue weighted by Gasteiger charge is -2.18. The van der Waals surface area contributed by atoms with Crippen molar-refractivity contribution in [3.05, 3.63) is 70.7 Å². The van der Waals surface area contributed by atoms with Crippen LogP contribution in [-0.4, -0.2) is 30.8 Å². The standard InChI is InChI=1S/C19H21ClN2OS/c20-16-8-6-15(7-9-16)19(14-4-2-1-3-5-14)24-13-18(23)22-17-10-11-21-12-17/h1-9,17,19,21H,10-13H2,(H,22,23). The Labute approximate surface area is 152 Å². The van der Waals surface area contributed by atoms with Crippen molar-refractivity contribution in [2.45, 2.75) is 17.7 Å². The second-order valence-electron chi connectivity index (χ2n) is 5.91. The number of halogens is 1. The molecule has 0 saturated carbocycles. The molecule has 3 rings (SSSR count). The molecule has 0 aliphatic carbocycles. The summed E-state index contributed by atoms with van der Waals surface area (Å²) in [5.41, 5.74) is 2.35. The van der Waals surface area contributed by atoms with Gasteiger partial charge in [0.25, 0.3) is 0 Å². The van der Waals surface area contributed by atoms with Gasteiger partial charge >= 0.3 is 0 Å². The van der Waals surface area contributed by atoms with Crippen LogP contribution in [0.5, 0.6) is 0 Å². The molecule has 3 nitrogen and oxygen atoms in total. The highest BCUT2D eigenvalue weighted by Gasteiger charge is 2.19. The van der Waals surface area contributed by atoms with Gasteiger partial charge in [-0.3, -0.25) is 4.79 Å². The van der Waals surface area contributed by atoms with Gasteiger partial charge < -0.3 is 10.6 Å². The zero-order valence-electron chi connectivity index (χ0n) is 13.4. The third kappa shape index (κ3) is 4.76. The highest BCUT2D eigenvalue weighted by molar-refractivity contribution is 8.00. The van der Waals surface area contributed by atoms with Crippen LogP contribution in [0.3, 0.4) is 0 Å². The highest BCUT2D eigenvalue weighted by Crippen LogP contribution is 2.35. The van der Waals surface area contributed by atoms with E-state index >= 15 is 0 Å². The lowest BCUT2D eigenvalue weighted by Crippen LogP contribution is -2.37. The van der Waals surface area contributed by atoms with Crippen LogP contribution in [0.25, 0.3) is 0 Å². The van der Waals surface area contributed by atoms with E-state index in [-0.39, 0.29) is 17.2 Å². The first-order valence-electron chi connectivity index (χ1n) is 8.14. The molecule has 2 aromatic carbocycles. The van der Waals surface area contributed by atoms with E-state index in [2.05, 4.69) is 22.8 Å². The molecule has 24 heavy (non-hydrogen) atoms. The van der Waals surface area contributed by atoms with E-state index in [1.807, 2.05) is 42.5 Å². The van der Waals surface area contributed by atoms with Crippen molar-refractivity contribution in [1.82, 2.24) is 10.6 Å². The average molecular weight is 361 g/mol. The predicted octanol–water partition coefficient (Wildman–Crippen LogP) is 3.64. The summed E-state index contributed by atoms with van der Waals surface area (Å²) in [6, 6.07) is 18.4. The van der Waals surface area contributed by atoms with Gasteiger partial charge in [-0.15, -0.1) is 11.8 Å². The molecule has 1 amide bonds. The zero-order chi connectivity index (χ0) is 16.8. The molecule has 0 bridgehead atoms. The molecule has 126 valence electrons. The maximum absolute atomic E-state index is 12.2. The van der Waals surface area contributed by atoms with Crippen molar-refractivity contribution < 1.29 is 4.79 Å². The van der Waals surface area contributed by atoms with E-state index in [1.54, 1.807) is 11.8 Å². The molecule has 0 spiro atoms. The Morgan fingerprint density at radius 1 is 1.17 bits per heavy atom. The molecule has 2 N–H and O–H groups in total. The summed E-state index contributed by atoms with van der Waals surface area (Å²) < 4.78 is 0. The van der Waals surface area contributed by atoms with Crippen molar-refractivity contribution >= 4 is 29.3 Å².